The molecule has 0 aliphatic rings. The first-order valence-electron chi connectivity index (χ1n) is 7.30. The van der Waals surface area contributed by atoms with Gasteiger partial charge in [0.1, 0.15) is 0 Å². The van der Waals surface area contributed by atoms with Crippen molar-refractivity contribution >= 4 is 0 Å². The molecule has 1 N–H and O–H groups in total. The van der Waals surface area contributed by atoms with Gasteiger partial charge in [0, 0.05) is 24.4 Å². The zero-order valence-corrected chi connectivity index (χ0v) is 12.8. The maximum atomic E-state index is 4.10. The lowest BCUT2D eigenvalue weighted by Gasteiger charge is -2.25. The van der Waals surface area contributed by atoms with Crippen LogP contribution >= 0.6 is 0 Å². The molecule has 2 heteroatoms. The lowest BCUT2D eigenvalue weighted by molar-refractivity contribution is 0.507. The summed E-state index contributed by atoms with van der Waals surface area (Å²) in [5, 5.41) is 3.44. The molecule has 2 rings (SSSR count). The maximum absolute atomic E-state index is 4.10. The van der Waals surface area contributed by atoms with Crippen LogP contribution in [0.2, 0.25) is 0 Å². The van der Waals surface area contributed by atoms with Gasteiger partial charge < -0.3 is 5.32 Å². The van der Waals surface area contributed by atoms with E-state index in [-0.39, 0.29) is 0 Å². The summed E-state index contributed by atoms with van der Waals surface area (Å²) in [7, 11) is 2.03. The van der Waals surface area contributed by atoms with Crippen LogP contribution in [0.5, 0.6) is 0 Å². The lowest BCUT2D eigenvalue weighted by atomic mass is 9.88. The highest BCUT2D eigenvalue weighted by Gasteiger charge is 2.19. The SMILES string of the molecule is CNC(c1ccc(C(C)C)cc1)C(C)c1ccncc1. The fourth-order valence-electron chi connectivity index (χ4n) is 2.65. The third kappa shape index (κ3) is 3.26. The summed E-state index contributed by atoms with van der Waals surface area (Å²) in [4.78, 5) is 4.10. The standard InChI is InChI=1S/C18H24N2/c1-13(2)15-5-7-17(8-6-15)18(19-4)14(3)16-9-11-20-12-10-16/h5-14,18-19H,1-4H3. The van der Waals surface area contributed by atoms with E-state index < -0.39 is 0 Å². The molecule has 0 amide bonds. The Morgan fingerprint density at radius 1 is 0.800 bits per heavy atom. The second kappa shape index (κ2) is 6.67. The molecule has 0 saturated carbocycles. The number of nitrogens with one attached hydrogen (secondary N) is 1. The Morgan fingerprint density at radius 2 is 1.35 bits per heavy atom. The molecule has 1 aromatic heterocycles. The van der Waals surface area contributed by atoms with Crippen molar-refractivity contribution in [2.75, 3.05) is 7.05 Å². The lowest BCUT2D eigenvalue weighted by Crippen LogP contribution is -2.22. The fraction of sp³-hybridized carbons (Fsp3) is 0.389. The van der Waals surface area contributed by atoms with Crippen LogP contribution in [0, 0.1) is 0 Å². The molecule has 0 bridgehead atoms. The van der Waals surface area contributed by atoms with Gasteiger partial charge in [0.15, 0.2) is 0 Å². The summed E-state index contributed by atoms with van der Waals surface area (Å²) in [6, 6.07) is 13.5. The first kappa shape index (κ1) is 14.7. The predicted molar refractivity (Wildman–Crippen MR) is 85.0 cm³/mol. The smallest absolute Gasteiger partial charge is 0.0384 e. The van der Waals surface area contributed by atoms with Gasteiger partial charge in [-0.15, -0.1) is 0 Å². The number of hydrogen-bond donors (Lipinski definition) is 1. The largest absolute Gasteiger partial charge is 0.312 e. The van der Waals surface area contributed by atoms with Gasteiger partial charge in [-0.05, 0) is 41.8 Å². The van der Waals surface area contributed by atoms with E-state index >= 15 is 0 Å². The number of aromatic nitrogens is 1. The highest BCUT2D eigenvalue weighted by Crippen LogP contribution is 2.30. The minimum atomic E-state index is 0.318. The van der Waals surface area contributed by atoms with E-state index in [4.69, 9.17) is 0 Å². The quantitative estimate of drug-likeness (QED) is 0.876. The monoisotopic (exact) mass is 268 g/mol. The van der Waals surface area contributed by atoms with E-state index in [1.807, 2.05) is 19.4 Å². The van der Waals surface area contributed by atoms with Crippen LogP contribution in [-0.2, 0) is 0 Å². The third-order valence-electron chi connectivity index (χ3n) is 4.01. The second-order valence-electron chi connectivity index (χ2n) is 5.66. The van der Waals surface area contributed by atoms with Crippen LogP contribution in [-0.4, -0.2) is 12.0 Å². The molecular weight excluding hydrogens is 244 g/mol. The topological polar surface area (TPSA) is 24.9 Å². The van der Waals surface area contributed by atoms with Crippen LogP contribution in [0.3, 0.4) is 0 Å². The molecule has 2 nitrogen and oxygen atoms in total. The Morgan fingerprint density at radius 3 is 1.85 bits per heavy atom. The van der Waals surface area contributed by atoms with Crippen LogP contribution in [0.4, 0.5) is 0 Å². The molecule has 20 heavy (non-hydrogen) atoms. The molecule has 0 aliphatic heterocycles. The normalized spacial score (nSPS) is 14.2. The van der Waals surface area contributed by atoms with E-state index in [1.54, 1.807) is 0 Å². The number of rotatable bonds is 5. The van der Waals surface area contributed by atoms with Gasteiger partial charge in [0.05, 0.1) is 0 Å². The van der Waals surface area contributed by atoms with E-state index in [0.29, 0.717) is 17.9 Å². The van der Waals surface area contributed by atoms with E-state index in [0.717, 1.165) is 0 Å². The Bertz CT molecular complexity index is 517. The Hall–Kier alpha value is -1.67. The summed E-state index contributed by atoms with van der Waals surface area (Å²) in [6.07, 6.45) is 3.72. The van der Waals surface area contributed by atoms with Gasteiger partial charge in [-0.3, -0.25) is 4.98 Å². The highest BCUT2D eigenvalue weighted by atomic mass is 14.9. The van der Waals surface area contributed by atoms with Gasteiger partial charge in [-0.1, -0.05) is 45.0 Å². The summed E-state index contributed by atoms with van der Waals surface area (Å²) in [5.41, 5.74) is 4.04. The minimum absolute atomic E-state index is 0.318. The van der Waals surface area contributed by atoms with Crippen LogP contribution < -0.4 is 5.32 Å². The molecule has 2 aromatic rings. The first-order chi connectivity index (χ1) is 9.63. The molecule has 0 fully saturated rings. The van der Waals surface area contributed by atoms with E-state index in [2.05, 4.69) is 67.5 Å². The van der Waals surface area contributed by atoms with Crippen LogP contribution in [0.1, 0.15) is 55.3 Å². The van der Waals surface area contributed by atoms with Gasteiger partial charge in [0.2, 0.25) is 0 Å². The first-order valence-corrected chi connectivity index (χ1v) is 7.30. The van der Waals surface area contributed by atoms with E-state index in [1.165, 1.54) is 16.7 Å². The zero-order valence-electron chi connectivity index (χ0n) is 12.8. The third-order valence-corrected chi connectivity index (χ3v) is 4.01. The molecule has 0 saturated heterocycles. The van der Waals surface area contributed by atoms with Crippen molar-refractivity contribution in [1.29, 1.82) is 0 Å². The summed E-state index contributed by atoms with van der Waals surface area (Å²) in [5.74, 6) is 0.989. The Kier molecular flexibility index (Phi) is 4.91. The van der Waals surface area contributed by atoms with Gasteiger partial charge in [-0.2, -0.15) is 0 Å². The number of benzene rings is 1. The molecule has 106 valence electrons. The zero-order chi connectivity index (χ0) is 14.5. The maximum Gasteiger partial charge on any atom is 0.0384 e. The van der Waals surface area contributed by atoms with Crippen molar-refractivity contribution in [2.24, 2.45) is 0 Å². The summed E-state index contributed by atoms with van der Waals surface area (Å²) >= 11 is 0. The van der Waals surface area contributed by atoms with E-state index in [9.17, 15) is 0 Å². The number of hydrogen-bond acceptors (Lipinski definition) is 2. The van der Waals surface area contributed by atoms with Crippen molar-refractivity contribution in [3.05, 3.63) is 65.5 Å². The molecular formula is C18H24N2. The molecule has 1 heterocycles. The second-order valence-corrected chi connectivity index (χ2v) is 5.66. The molecule has 0 spiro atoms. The number of likely N-dealkylation sites (N-methyl/N-ethyl adjacent to an activating group) is 1. The predicted octanol–water partition coefficient (Wildman–Crippen LogP) is 4.27. The summed E-state index contributed by atoms with van der Waals surface area (Å²) < 4.78 is 0. The Labute approximate surface area is 122 Å². The molecule has 1 aromatic carbocycles. The van der Waals surface area contributed by atoms with Gasteiger partial charge in [-0.25, -0.2) is 0 Å². The van der Waals surface area contributed by atoms with Crippen molar-refractivity contribution in [1.82, 2.24) is 10.3 Å². The van der Waals surface area contributed by atoms with Crippen molar-refractivity contribution in [3.8, 4) is 0 Å². The molecule has 2 atom stereocenters. The Balaban J connectivity index is 2.23. The van der Waals surface area contributed by atoms with Crippen molar-refractivity contribution in [2.45, 2.75) is 38.6 Å². The number of nitrogens with zero attached hydrogens (tertiary/aromatic N) is 1. The highest BCUT2D eigenvalue weighted by molar-refractivity contribution is 5.30. The average Bonchev–Trinajstić information content (AvgIpc) is 2.49. The van der Waals surface area contributed by atoms with Crippen LogP contribution in [0.25, 0.3) is 0 Å². The van der Waals surface area contributed by atoms with Gasteiger partial charge >= 0.3 is 0 Å². The molecule has 0 aliphatic carbocycles. The van der Waals surface area contributed by atoms with Gasteiger partial charge in [0.25, 0.3) is 0 Å². The minimum Gasteiger partial charge on any atom is -0.312 e. The van der Waals surface area contributed by atoms with Crippen molar-refractivity contribution in [3.63, 3.8) is 0 Å². The molecule has 2 unspecified atom stereocenters. The number of pyridine rings is 1. The van der Waals surface area contributed by atoms with Crippen molar-refractivity contribution < 1.29 is 0 Å². The van der Waals surface area contributed by atoms with Crippen LogP contribution in [0.15, 0.2) is 48.8 Å². The average molecular weight is 268 g/mol. The fourth-order valence-corrected chi connectivity index (χ4v) is 2.65. The summed E-state index contributed by atoms with van der Waals surface area (Å²) in [6.45, 7) is 6.71. The molecule has 0 radical (unpaired) electrons.